The van der Waals surface area contributed by atoms with Crippen LogP contribution in [0.4, 0.5) is 13.2 Å². The number of allylic oxidation sites excluding steroid dienone is 1. The molecule has 1 aliphatic heterocycles. The van der Waals surface area contributed by atoms with Crippen LogP contribution in [0.15, 0.2) is 24.0 Å². The smallest absolute Gasteiger partial charge is 0.194 e. The maximum absolute atomic E-state index is 13.3. The van der Waals surface area contributed by atoms with Crippen LogP contribution in [-0.4, -0.2) is 6.10 Å². The first-order chi connectivity index (χ1) is 12.6. The zero-order chi connectivity index (χ0) is 18.5. The lowest BCUT2D eigenvalue weighted by molar-refractivity contribution is 0.0389. The summed E-state index contributed by atoms with van der Waals surface area (Å²) in [6.45, 7) is 2.26. The van der Waals surface area contributed by atoms with Gasteiger partial charge in [-0.1, -0.05) is 32.6 Å². The van der Waals surface area contributed by atoms with Crippen LogP contribution in [0.3, 0.4) is 0 Å². The van der Waals surface area contributed by atoms with E-state index in [1.807, 2.05) is 6.26 Å². The fraction of sp³-hybridized carbons (Fsp3) is 0.636. The van der Waals surface area contributed by atoms with Gasteiger partial charge in [0.15, 0.2) is 17.5 Å². The van der Waals surface area contributed by atoms with Gasteiger partial charge in [-0.2, -0.15) is 0 Å². The van der Waals surface area contributed by atoms with Gasteiger partial charge >= 0.3 is 0 Å². The van der Waals surface area contributed by atoms with E-state index in [1.54, 1.807) is 0 Å². The highest BCUT2D eigenvalue weighted by Gasteiger charge is 2.29. The van der Waals surface area contributed by atoms with Crippen LogP contribution in [-0.2, 0) is 11.2 Å². The number of rotatable bonds is 6. The zero-order valence-corrected chi connectivity index (χ0v) is 15.6. The van der Waals surface area contributed by atoms with Crippen molar-refractivity contribution in [1.29, 1.82) is 0 Å². The molecule has 1 aromatic carbocycles. The van der Waals surface area contributed by atoms with Crippen molar-refractivity contribution in [3.8, 4) is 0 Å². The highest BCUT2D eigenvalue weighted by molar-refractivity contribution is 5.21. The van der Waals surface area contributed by atoms with E-state index in [1.165, 1.54) is 44.1 Å². The van der Waals surface area contributed by atoms with Gasteiger partial charge in [-0.05, 0) is 73.6 Å². The summed E-state index contributed by atoms with van der Waals surface area (Å²) in [6, 6.07) is 2.17. The minimum absolute atomic E-state index is 0.321. The summed E-state index contributed by atoms with van der Waals surface area (Å²) < 4.78 is 45.6. The monoisotopic (exact) mass is 366 g/mol. The summed E-state index contributed by atoms with van der Waals surface area (Å²) in [5.41, 5.74) is 1.66. The van der Waals surface area contributed by atoms with Crippen LogP contribution in [0.2, 0.25) is 0 Å². The third-order valence-electron chi connectivity index (χ3n) is 6.05. The quantitative estimate of drug-likeness (QED) is 0.509. The van der Waals surface area contributed by atoms with Crippen LogP contribution in [0.1, 0.15) is 70.3 Å². The first-order valence-electron chi connectivity index (χ1n) is 10.0. The van der Waals surface area contributed by atoms with E-state index in [2.05, 4.69) is 6.92 Å². The van der Waals surface area contributed by atoms with Crippen LogP contribution in [0.25, 0.3) is 0 Å². The van der Waals surface area contributed by atoms with Crippen molar-refractivity contribution in [1.82, 2.24) is 0 Å². The van der Waals surface area contributed by atoms with Gasteiger partial charge in [-0.3, -0.25) is 0 Å². The number of ether oxygens (including phenoxy) is 1. The first kappa shape index (κ1) is 19.3. The van der Waals surface area contributed by atoms with Crippen molar-refractivity contribution in [2.24, 2.45) is 11.8 Å². The second kappa shape index (κ2) is 8.96. The Hall–Kier alpha value is -1.45. The van der Waals surface area contributed by atoms with Crippen molar-refractivity contribution in [2.45, 2.75) is 77.2 Å². The molecule has 144 valence electrons. The molecule has 1 aliphatic carbocycles. The van der Waals surface area contributed by atoms with E-state index in [9.17, 15) is 13.2 Å². The average Bonchev–Trinajstić information content (AvgIpc) is 2.66. The van der Waals surface area contributed by atoms with Crippen LogP contribution in [0.5, 0.6) is 0 Å². The van der Waals surface area contributed by atoms with Crippen molar-refractivity contribution < 1.29 is 17.9 Å². The molecule has 1 aromatic rings. The Morgan fingerprint density at radius 3 is 2.23 bits per heavy atom. The number of hydrogen-bond acceptors (Lipinski definition) is 1. The Bertz CT molecular complexity index is 609. The topological polar surface area (TPSA) is 9.23 Å². The molecule has 0 aromatic heterocycles. The third-order valence-corrected chi connectivity index (χ3v) is 6.05. The fourth-order valence-corrected chi connectivity index (χ4v) is 4.48. The maximum Gasteiger partial charge on any atom is 0.194 e. The van der Waals surface area contributed by atoms with Crippen LogP contribution >= 0.6 is 0 Å². The van der Waals surface area contributed by atoms with Crippen molar-refractivity contribution >= 4 is 0 Å². The van der Waals surface area contributed by atoms with Gasteiger partial charge in [-0.25, -0.2) is 13.2 Å². The Labute approximate surface area is 154 Å². The predicted octanol–water partition coefficient (Wildman–Crippen LogP) is 6.71. The molecular formula is C22H29F3O. The average molecular weight is 366 g/mol. The molecule has 0 bridgehead atoms. The molecule has 1 nitrogen and oxygen atoms in total. The molecule has 0 spiro atoms. The highest BCUT2D eigenvalue weighted by Crippen LogP contribution is 2.37. The zero-order valence-electron chi connectivity index (χ0n) is 15.6. The summed E-state index contributed by atoms with van der Waals surface area (Å²) in [5.74, 6) is -2.06. The van der Waals surface area contributed by atoms with Crippen molar-refractivity contribution in [2.75, 3.05) is 0 Å². The van der Waals surface area contributed by atoms with E-state index >= 15 is 0 Å². The van der Waals surface area contributed by atoms with Crippen molar-refractivity contribution in [3.63, 3.8) is 0 Å². The summed E-state index contributed by atoms with van der Waals surface area (Å²) in [5, 5.41) is 0. The molecule has 0 saturated heterocycles. The van der Waals surface area contributed by atoms with Gasteiger partial charge in [0.1, 0.15) is 6.10 Å². The summed E-state index contributed by atoms with van der Waals surface area (Å²) in [6.07, 6.45) is 13.2. The van der Waals surface area contributed by atoms with E-state index in [-0.39, 0.29) is 0 Å². The largest absolute Gasteiger partial charge is 0.498 e. The minimum Gasteiger partial charge on any atom is -0.498 e. The molecule has 2 aliphatic rings. The Morgan fingerprint density at radius 2 is 1.65 bits per heavy atom. The molecule has 1 saturated carbocycles. The van der Waals surface area contributed by atoms with Crippen molar-refractivity contribution in [3.05, 3.63) is 47.0 Å². The van der Waals surface area contributed by atoms with E-state index in [0.29, 0.717) is 30.4 Å². The highest BCUT2D eigenvalue weighted by atomic mass is 19.2. The molecular weight excluding hydrogens is 337 g/mol. The lowest BCUT2D eigenvalue weighted by Crippen LogP contribution is -2.29. The second-order valence-electron chi connectivity index (χ2n) is 7.93. The summed E-state index contributed by atoms with van der Waals surface area (Å²) >= 11 is 0. The third kappa shape index (κ3) is 4.83. The number of hydrogen-bond donors (Lipinski definition) is 0. The normalized spacial score (nSPS) is 26.3. The molecule has 0 N–H and O–H groups in total. The molecule has 0 radical (unpaired) electrons. The van der Waals surface area contributed by atoms with E-state index < -0.39 is 17.5 Å². The van der Waals surface area contributed by atoms with Gasteiger partial charge in [-0.15, -0.1) is 0 Å². The number of halogens is 3. The maximum atomic E-state index is 13.3. The molecule has 26 heavy (non-hydrogen) atoms. The van der Waals surface area contributed by atoms with E-state index in [0.717, 1.165) is 30.9 Å². The Balaban J connectivity index is 1.46. The van der Waals surface area contributed by atoms with Gasteiger partial charge in [0, 0.05) is 0 Å². The summed E-state index contributed by atoms with van der Waals surface area (Å²) in [4.78, 5) is 0. The molecule has 1 heterocycles. The fourth-order valence-electron chi connectivity index (χ4n) is 4.48. The predicted molar refractivity (Wildman–Crippen MR) is 97.2 cm³/mol. The Kier molecular flexibility index (Phi) is 6.66. The van der Waals surface area contributed by atoms with Gasteiger partial charge in [0.2, 0.25) is 0 Å². The molecule has 0 amide bonds. The van der Waals surface area contributed by atoms with Gasteiger partial charge in [0.05, 0.1) is 6.26 Å². The van der Waals surface area contributed by atoms with Crippen LogP contribution in [0, 0.1) is 29.3 Å². The molecule has 1 atom stereocenters. The molecule has 1 fully saturated rings. The second-order valence-corrected chi connectivity index (χ2v) is 7.93. The standard InChI is InChI=1S/C22H29F3O/c1-2-3-15-6-9-18(10-7-15)21-11-8-16(14-26-21)4-5-17-12-19(23)22(25)20(24)13-17/h12-15,18,21H,2-11H2,1H3. The molecule has 1 unspecified atom stereocenters. The van der Waals surface area contributed by atoms with E-state index in [4.69, 9.17) is 4.74 Å². The van der Waals surface area contributed by atoms with Gasteiger partial charge in [0.25, 0.3) is 0 Å². The Morgan fingerprint density at radius 1 is 0.962 bits per heavy atom. The number of aryl methyl sites for hydroxylation is 1. The molecule has 4 heteroatoms. The lowest BCUT2D eigenvalue weighted by atomic mass is 9.76. The first-order valence-corrected chi connectivity index (χ1v) is 10.0. The van der Waals surface area contributed by atoms with Crippen LogP contribution < -0.4 is 0 Å². The minimum atomic E-state index is -1.40. The summed E-state index contributed by atoms with van der Waals surface area (Å²) in [7, 11) is 0. The SMILES string of the molecule is CCCC1CCC(C2CCC(CCc3cc(F)c(F)c(F)c3)=CO2)CC1. The lowest BCUT2D eigenvalue weighted by Gasteiger charge is -2.35. The molecule has 3 rings (SSSR count). The van der Waals surface area contributed by atoms with Gasteiger partial charge < -0.3 is 4.74 Å². The number of benzene rings is 1.